The Kier molecular flexibility index (Phi) is 5.60. The normalized spacial score (nSPS) is 11.7. The molecule has 0 saturated heterocycles. The maximum Gasteiger partial charge on any atom is 0.342 e. The summed E-state index contributed by atoms with van der Waals surface area (Å²) < 4.78 is 26.8. The molecule has 0 spiro atoms. The number of methoxy groups -OCH3 is 3. The first-order chi connectivity index (χ1) is 13.1. The Morgan fingerprint density at radius 3 is 2.41 bits per heavy atom. The highest BCUT2D eigenvalue weighted by molar-refractivity contribution is 7.13. The quantitative estimate of drug-likeness (QED) is 0.563. The van der Waals surface area contributed by atoms with Crippen molar-refractivity contribution in [3.05, 3.63) is 41.1 Å². The molecule has 142 valence electrons. The fourth-order valence-electron chi connectivity index (χ4n) is 2.36. The van der Waals surface area contributed by atoms with Crippen molar-refractivity contribution >= 4 is 17.3 Å². The first kappa shape index (κ1) is 18.7. The van der Waals surface area contributed by atoms with Gasteiger partial charge in [-0.25, -0.2) is 4.79 Å². The second-order valence-electron chi connectivity index (χ2n) is 5.38. The van der Waals surface area contributed by atoms with E-state index in [1.54, 1.807) is 13.0 Å². The number of carbonyl (C=O) groups excluding carboxylic acids is 1. The third-order valence-electron chi connectivity index (χ3n) is 3.73. The van der Waals surface area contributed by atoms with Crippen LogP contribution in [-0.2, 0) is 4.74 Å². The van der Waals surface area contributed by atoms with E-state index < -0.39 is 12.1 Å². The van der Waals surface area contributed by atoms with E-state index in [9.17, 15) is 4.79 Å². The molecule has 8 nitrogen and oxygen atoms in total. The van der Waals surface area contributed by atoms with Crippen molar-refractivity contribution in [2.75, 3.05) is 21.3 Å². The molecule has 0 amide bonds. The van der Waals surface area contributed by atoms with Crippen LogP contribution in [0.3, 0.4) is 0 Å². The Morgan fingerprint density at radius 2 is 1.78 bits per heavy atom. The summed E-state index contributed by atoms with van der Waals surface area (Å²) in [6.45, 7) is 1.65. The number of benzene rings is 1. The van der Waals surface area contributed by atoms with E-state index >= 15 is 0 Å². The van der Waals surface area contributed by atoms with Crippen LogP contribution >= 0.6 is 11.3 Å². The molecule has 0 unspecified atom stereocenters. The molecule has 0 aliphatic carbocycles. The van der Waals surface area contributed by atoms with E-state index in [-0.39, 0.29) is 11.5 Å². The zero-order valence-electron chi connectivity index (χ0n) is 15.2. The maximum absolute atomic E-state index is 12.6. The summed E-state index contributed by atoms with van der Waals surface area (Å²) in [6, 6.07) is 6.81. The molecular formula is C18H18N2O6S. The summed E-state index contributed by atoms with van der Waals surface area (Å²) in [7, 11) is 4.43. The van der Waals surface area contributed by atoms with Gasteiger partial charge in [0.1, 0.15) is 11.3 Å². The average Bonchev–Trinajstić information content (AvgIpc) is 3.37. The predicted molar refractivity (Wildman–Crippen MR) is 97.5 cm³/mol. The van der Waals surface area contributed by atoms with Gasteiger partial charge in [0.2, 0.25) is 0 Å². The highest BCUT2D eigenvalue weighted by Crippen LogP contribution is 2.35. The molecule has 0 aliphatic rings. The first-order valence-corrected chi connectivity index (χ1v) is 8.83. The van der Waals surface area contributed by atoms with Crippen molar-refractivity contribution < 1.29 is 28.2 Å². The lowest BCUT2D eigenvalue weighted by molar-refractivity contribution is 0.0276. The summed E-state index contributed by atoms with van der Waals surface area (Å²) in [5.74, 6) is 1.09. The Labute approximate surface area is 159 Å². The molecule has 0 aliphatic heterocycles. The third kappa shape index (κ3) is 3.87. The van der Waals surface area contributed by atoms with Crippen LogP contribution in [0.4, 0.5) is 0 Å². The molecule has 9 heteroatoms. The second kappa shape index (κ2) is 8.09. The molecule has 2 heterocycles. The number of hydrogen-bond donors (Lipinski definition) is 0. The van der Waals surface area contributed by atoms with Crippen molar-refractivity contribution in [1.82, 2.24) is 10.2 Å². The minimum Gasteiger partial charge on any atom is -0.496 e. The molecule has 0 saturated carbocycles. The Hall–Kier alpha value is -3.07. The molecule has 1 atom stereocenters. The average molecular weight is 390 g/mol. The Morgan fingerprint density at radius 1 is 1.07 bits per heavy atom. The number of hydrogen-bond acceptors (Lipinski definition) is 9. The zero-order chi connectivity index (χ0) is 19.4. The largest absolute Gasteiger partial charge is 0.496 e. The van der Waals surface area contributed by atoms with Crippen molar-refractivity contribution in [2.45, 2.75) is 13.0 Å². The number of rotatable bonds is 7. The molecule has 1 aromatic carbocycles. The van der Waals surface area contributed by atoms with Crippen LogP contribution in [0.5, 0.6) is 17.2 Å². The van der Waals surface area contributed by atoms with Crippen molar-refractivity contribution in [1.29, 1.82) is 0 Å². The summed E-state index contributed by atoms with van der Waals surface area (Å²) >= 11 is 1.48. The smallest absolute Gasteiger partial charge is 0.342 e. The Balaban J connectivity index is 1.80. The monoisotopic (exact) mass is 390 g/mol. The van der Waals surface area contributed by atoms with Gasteiger partial charge in [-0.05, 0) is 18.4 Å². The van der Waals surface area contributed by atoms with Crippen LogP contribution in [0.1, 0.15) is 29.3 Å². The van der Waals surface area contributed by atoms with E-state index in [1.807, 2.05) is 17.5 Å². The van der Waals surface area contributed by atoms with E-state index in [4.69, 9.17) is 23.4 Å². The van der Waals surface area contributed by atoms with E-state index in [1.165, 1.54) is 38.7 Å². The molecule has 3 rings (SSSR count). The topological polar surface area (TPSA) is 92.9 Å². The lowest BCUT2D eigenvalue weighted by Gasteiger charge is -2.15. The SMILES string of the molecule is COc1cc(OC)c(C(=O)O[C@@H](C)c2nnc(-c3cccs3)o2)cc1OC. The van der Waals surface area contributed by atoms with Crippen LogP contribution in [0.15, 0.2) is 34.1 Å². The molecule has 2 aromatic heterocycles. The highest BCUT2D eigenvalue weighted by atomic mass is 32.1. The number of aromatic nitrogens is 2. The van der Waals surface area contributed by atoms with Gasteiger partial charge in [0, 0.05) is 12.1 Å². The summed E-state index contributed by atoms with van der Waals surface area (Å²) in [5.41, 5.74) is 0.194. The van der Waals surface area contributed by atoms with Crippen molar-refractivity contribution in [2.24, 2.45) is 0 Å². The first-order valence-electron chi connectivity index (χ1n) is 7.95. The van der Waals surface area contributed by atoms with Gasteiger partial charge >= 0.3 is 5.97 Å². The van der Waals surface area contributed by atoms with Gasteiger partial charge in [-0.15, -0.1) is 21.5 Å². The zero-order valence-corrected chi connectivity index (χ0v) is 16.0. The van der Waals surface area contributed by atoms with Gasteiger partial charge in [-0.3, -0.25) is 0 Å². The lowest BCUT2D eigenvalue weighted by Crippen LogP contribution is -2.11. The minimum absolute atomic E-state index is 0.194. The standard InChI is InChI=1S/C18H18N2O6S/c1-10(16-19-20-17(26-16)15-6-5-7-27-15)25-18(21)11-8-13(23-3)14(24-4)9-12(11)22-2/h5-10H,1-4H3/t10-/m0/s1. The fraction of sp³-hybridized carbons (Fsp3) is 0.278. The van der Waals surface area contributed by atoms with Crippen LogP contribution in [-0.4, -0.2) is 37.5 Å². The van der Waals surface area contributed by atoms with Gasteiger partial charge in [-0.1, -0.05) is 6.07 Å². The van der Waals surface area contributed by atoms with Crippen LogP contribution in [0.25, 0.3) is 10.8 Å². The number of carbonyl (C=O) groups is 1. The number of ether oxygens (including phenoxy) is 4. The lowest BCUT2D eigenvalue weighted by atomic mass is 10.1. The van der Waals surface area contributed by atoms with E-state index in [2.05, 4.69) is 10.2 Å². The number of nitrogens with zero attached hydrogens (tertiary/aromatic N) is 2. The summed E-state index contributed by atoms with van der Waals surface area (Å²) in [4.78, 5) is 13.5. The van der Waals surface area contributed by atoms with Gasteiger partial charge in [0.25, 0.3) is 11.8 Å². The number of esters is 1. The minimum atomic E-state index is -0.739. The van der Waals surface area contributed by atoms with Gasteiger partial charge < -0.3 is 23.4 Å². The van der Waals surface area contributed by atoms with Crippen LogP contribution in [0, 0.1) is 0 Å². The van der Waals surface area contributed by atoms with Gasteiger partial charge in [-0.2, -0.15) is 0 Å². The second-order valence-corrected chi connectivity index (χ2v) is 6.33. The molecule has 27 heavy (non-hydrogen) atoms. The highest BCUT2D eigenvalue weighted by Gasteiger charge is 2.24. The maximum atomic E-state index is 12.6. The Bertz CT molecular complexity index is 922. The molecule has 0 bridgehead atoms. The van der Waals surface area contributed by atoms with Crippen molar-refractivity contribution in [3.8, 4) is 28.0 Å². The molecular weight excluding hydrogens is 372 g/mol. The predicted octanol–water partition coefficient (Wildman–Crippen LogP) is 3.74. The molecule has 0 radical (unpaired) electrons. The van der Waals surface area contributed by atoms with Crippen LogP contribution < -0.4 is 14.2 Å². The molecule has 3 aromatic rings. The van der Waals surface area contributed by atoms with Crippen LogP contribution in [0.2, 0.25) is 0 Å². The number of thiophene rings is 1. The van der Waals surface area contributed by atoms with E-state index in [0.717, 1.165) is 4.88 Å². The summed E-state index contributed by atoms with van der Waals surface area (Å²) in [5, 5.41) is 9.85. The van der Waals surface area contributed by atoms with Gasteiger partial charge in [0.05, 0.1) is 26.2 Å². The fourth-order valence-corrected chi connectivity index (χ4v) is 3.01. The van der Waals surface area contributed by atoms with Crippen molar-refractivity contribution in [3.63, 3.8) is 0 Å². The summed E-state index contributed by atoms with van der Waals surface area (Å²) in [6.07, 6.45) is -0.739. The van der Waals surface area contributed by atoms with Gasteiger partial charge in [0.15, 0.2) is 17.6 Å². The molecule has 0 N–H and O–H groups in total. The third-order valence-corrected chi connectivity index (χ3v) is 4.59. The van der Waals surface area contributed by atoms with E-state index in [0.29, 0.717) is 23.1 Å². The molecule has 0 fully saturated rings.